The summed E-state index contributed by atoms with van der Waals surface area (Å²) < 4.78 is 1.80. The summed E-state index contributed by atoms with van der Waals surface area (Å²) in [5, 5.41) is 0. The van der Waals surface area contributed by atoms with Crippen LogP contribution in [0.4, 0.5) is 0 Å². The molecule has 1 aliphatic carbocycles. The number of aromatic nitrogens is 2. The quantitative estimate of drug-likeness (QED) is 0.782. The first-order valence-corrected chi connectivity index (χ1v) is 5.74. The summed E-state index contributed by atoms with van der Waals surface area (Å²) in [5.41, 5.74) is 6.29. The number of carbonyl (C=O) groups excluding carboxylic acids is 1. The molecular formula is C11H18N4O. The minimum atomic E-state index is 0.172. The topological polar surface area (TPSA) is 64.2 Å². The Morgan fingerprint density at radius 2 is 2.44 bits per heavy atom. The molecule has 1 amide bonds. The smallest absolute Gasteiger partial charge is 0.242 e. The number of hydrogen-bond acceptors (Lipinski definition) is 3. The molecule has 1 saturated carbocycles. The van der Waals surface area contributed by atoms with Crippen molar-refractivity contribution in [1.29, 1.82) is 0 Å². The monoisotopic (exact) mass is 222 g/mol. The van der Waals surface area contributed by atoms with Crippen molar-refractivity contribution in [2.45, 2.75) is 38.9 Å². The molecule has 2 N–H and O–H groups in total. The van der Waals surface area contributed by atoms with E-state index in [9.17, 15) is 4.79 Å². The van der Waals surface area contributed by atoms with Crippen LogP contribution in [0.2, 0.25) is 0 Å². The van der Waals surface area contributed by atoms with Crippen molar-refractivity contribution >= 4 is 5.91 Å². The van der Waals surface area contributed by atoms with E-state index in [4.69, 9.17) is 5.73 Å². The Kier molecular flexibility index (Phi) is 3.24. The Hall–Kier alpha value is -1.36. The molecule has 0 saturated heterocycles. The van der Waals surface area contributed by atoms with Gasteiger partial charge in [0.05, 0.1) is 12.0 Å². The van der Waals surface area contributed by atoms with Crippen molar-refractivity contribution in [3.8, 4) is 0 Å². The van der Waals surface area contributed by atoms with Crippen LogP contribution in [0.3, 0.4) is 0 Å². The molecule has 1 aromatic heterocycles. The summed E-state index contributed by atoms with van der Waals surface area (Å²) in [7, 11) is 0. The molecule has 5 heteroatoms. The van der Waals surface area contributed by atoms with Crippen LogP contribution in [0.15, 0.2) is 12.5 Å². The molecule has 1 heterocycles. The van der Waals surface area contributed by atoms with E-state index in [1.165, 1.54) is 0 Å². The normalized spacial score (nSPS) is 15.1. The van der Waals surface area contributed by atoms with E-state index in [1.807, 2.05) is 18.0 Å². The van der Waals surface area contributed by atoms with Gasteiger partial charge in [0.1, 0.15) is 6.54 Å². The van der Waals surface area contributed by atoms with Gasteiger partial charge in [-0.05, 0) is 19.8 Å². The number of rotatable bonds is 5. The molecule has 1 aromatic rings. The van der Waals surface area contributed by atoms with Crippen LogP contribution >= 0.6 is 0 Å². The second kappa shape index (κ2) is 4.65. The Bertz CT molecular complexity index is 370. The van der Waals surface area contributed by atoms with Gasteiger partial charge < -0.3 is 15.2 Å². The van der Waals surface area contributed by atoms with Crippen LogP contribution < -0.4 is 5.73 Å². The second-order valence-corrected chi connectivity index (χ2v) is 4.15. The van der Waals surface area contributed by atoms with Gasteiger partial charge in [-0.1, -0.05) is 0 Å². The summed E-state index contributed by atoms with van der Waals surface area (Å²) in [4.78, 5) is 18.0. The molecule has 0 atom stereocenters. The number of hydrogen-bond donors (Lipinski definition) is 1. The van der Waals surface area contributed by atoms with Gasteiger partial charge in [-0.25, -0.2) is 4.98 Å². The SMILES string of the molecule is CCN(C(=O)Cn1cnc(CN)c1)C1CC1. The Morgan fingerprint density at radius 1 is 1.69 bits per heavy atom. The van der Waals surface area contributed by atoms with E-state index in [1.54, 1.807) is 10.9 Å². The van der Waals surface area contributed by atoms with Gasteiger partial charge in [-0.2, -0.15) is 0 Å². The zero-order valence-electron chi connectivity index (χ0n) is 9.59. The van der Waals surface area contributed by atoms with Gasteiger partial charge in [0.2, 0.25) is 5.91 Å². The van der Waals surface area contributed by atoms with E-state index < -0.39 is 0 Å². The summed E-state index contributed by atoms with van der Waals surface area (Å²) in [6.07, 6.45) is 5.80. The summed E-state index contributed by atoms with van der Waals surface area (Å²) >= 11 is 0. The molecule has 0 unspecified atom stereocenters. The predicted molar refractivity (Wildman–Crippen MR) is 60.5 cm³/mol. The standard InChI is InChI=1S/C11H18N4O/c1-2-15(10-3-4-10)11(16)7-14-6-9(5-12)13-8-14/h6,8,10H,2-5,7,12H2,1H3. The van der Waals surface area contributed by atoms with Crippen LogP contribution in [-0.2, 0) is 17.9 Å². The fourth-order valence-electron chi connectivity index (χ4n) is 1.87. The fourth-order valence-corrected chi connectivity index (χ4v) is 1.87. The largest absolute Gasteiger partial charge is 0.338 e. The highest BCUT2D eigenvalue weighted by molar-refractivity contribution is 5.76. The van der Waals surface area contributed by atoms with Gasteiger partial charge in [0.15, 0.2) is 0 Å². The lowest BCUT2D eigenvalue weighted by molar-refractivity contribution is -0.132. The molecule has 16 heavy (non-hydrogen) atoms. The van der Waals surface area contributed by atoms with E-state index in [0.717, 1.165) is 25.1 Å². The van der Waals surface area contributed by atoms with Crippen LogP contribution in [0.25, 0.3) is 0 Å². The highest BCUT2D eigenvalue weighted by Crippen LogP contribution is 2.26. The second-order valence-electron chi connectivity index (χ2n) is 4.15. The molecule has 1 aliphatic rings. The first-order chi connectivity index (χ1) is 7.74. The lowest BCUT2D eigenvalue weighted by Gasteiger charge is -2.20. The lowest BCUT2D eigenvalue weighted by atomic mass is 10.4. The predicted octanol–water partition coefficient (Wildman–Crippen LogP) is 0.353. The van der Waals surface area contributed by atoms with Crippen LogP contribution in [0, 0.1) is 0 Å². The molecule has 1 fully saturated rings. The minimum Gasteiger partial charge on any atom is -0.338 e. The number of carbonyl (C=O) groups is 1. The number of likely N-dealkylation sites (N-methyl/N-ethyl adjacent to an activating group) is 1. The number of nitrogens with zero attached hydrogens (tertiary/aromatic N) is 3. The number of nitrogens with two attached hydrogens (primary N) is 1. The summed E-state index contributed by atoms with van der Waals surface area (Å²) in [6, 6.07) is 0.481. The lowest BCUT2D eigenvalue weighted by Crippen LogP contribution is -2.35. The van der Waals surface area contributed by atoms with E-state index >= 15 is 0 Å². The Balaban J connectivity index is 1.94. The minimum absolute atomic E-state index is 0.172. The molecule has 88 valence electrons. The number of amides is 1. The summed E-state index contributed by atoms with van der Waals surface area (Å²) in [5.74, 6) is 0.172. The maximum Gasteiger partial charge on any atom is 0.242 e. The number of imidazole rings is 1. The zero-order chi connectivity index (χ0) is 11.5. The highest BCUT2D eigenvalue weighted by atomic mass is 16.2. The van der Waals surface area contributed by atoms with Gasteiger partial charge >= 0.3 is 0 Å². The molecule has 0 radical (unpaired) electrons. The van der Waals surface area contributed by atoms with E-state index in [0.29, 0.717) is 19.1 Å². The van der Waals surface area contributed by atoms with Crippen LogP contribution in [0.5, 0.6) is 0 Å². The third-order valence-corrected chi connectivity index (χ3v) is 2.86. The first-order valence-electron chi connectivity index (χ1n) is 5.74. The van der Waals surface area contributed by atoms with Crippen molar-refractivity contribution in [1.82, 2.24) is 14.5 Å². The summed E-state index contributed by atoms with van der Waals surface area (Å²) in [6.45, 7) is 3.61. The molecule has 2 rings (SSSR count). The average Bonchev–Trinajstić information content (AvgIpc) is 2.99. The van der Waals surface area contributed by atoms with Crippen molar-refractivity contribution in [3.63, 3.8) is 0 Å². The van der Waals surface area contributed by atoms with Gasteiger partial charge in [-0.3, -0.25) is 4.79 Å². The van der Waals surface area contributed by atoms with E-state index in [2.05, 4.69) is 4.98 Å². The van der Waals surface area contributed by atoms with Gasteiger partial charge in [-0.15, -0.1) is 0 Å². The molecule has 0 aliphatic heterocycles. The molecular weight excluding hydrogens is 204 g/mol. The first kappa shape index (κ1) is 11.1. The van der Waals surface area contributed by atoms with Crippen LogP contribution in [0.1, 0.15) is 25.5 Å². The third kappa shape index (κ3) is 2.41. The maximum absolute atomic E-state index is 12.0. The van der Waals surface area contributed by atoms with E-state index in [-0.39, 0.29) is 5.91 Å². The average molecular weight is 222 g/mol. The molecule has 0 aromatic carbocycles. The van der Waals surface area contributed by atoms with Crippen molar-refractivity contribution < 1.29 is 4.79 Å². The van der Waals surface area contributed by atoms with Crippen molar-refractivity contribution in [2.75, 3.05) is 6.54 Å². The molecule has 5 nitrogen and oxygen atoms in total. The van der Waals surface area contributed by atoms with Crippen LogP contribution in [-0.4, -0.2) is 32.9 Å². The van der Waals surface area contributed by atoms with Crippen molar-refractivity contribution in [3.05, 3.63) is 18.2 Å². The highest BCUT2D eigenvalue weighted by Gasteiger charge is 2.31. The Morgan fingerprint density at radius 3 is 2.94 bits per heavy atom. The molecule has 0 bridgehead atoms. The maximum atomic E-state index is 12.0. The van der Waals surface area contributed by atoms with Gasteiger partial charge in [0.25, 0.3) is 0 Å². The van der Waals surface area contributed by atoms with Gasteiger partial charge in [0, 0.05) is 25.3 Å². The third-order valence-electron chi connectivity index (χ3n) is 2.86. The molecule has 0 spiro atoms. The van der Waals surface area contributed by atoms with Crippen molar-refractivity contribution in [2.24, 2.45) is 5.73 Å². The fraction of sp³-hybridized carbons (Fsp3) is 0.636. The Labute approximate surface area is 95.2 Å². The zero-order valence-corrected chi connectivity index (χ0v) is 9.59.